The molecule has 0 aliphatic carbocycles. The Hall–Kier alpha value is -2.26. The number of amides is 1. The predicted molar refractivity (Wildman–Crippen MR) is 90.8 cm³/mol. The third-order valence-corrected chi connectivity index (χ3v) is 4.56. The molecular weight excluding hydrogens is 346 g/mol. The summed E-state index contributed by atoms with van der Waals surface area (Å²) in [4.78, 5) is 29.0. The molecule has 2 N–H and O–H groups in total. The smallest absolute Gasteiger partial charge is 0.296 e. The Morgan fingerprint density at radius 3 is 2.92 bits per heavy atom. The van der Waals surface area contributed by atoms with Gasteiger partial charge in [-0.2, -0.15) is 0 Å². The summed E-state index contributed by atoms with van der Waals surface area (Å²) in [5, 5.41) is 13.4. The molecule has 2 aromatic heterocycles. The van der Waals surface area contributed by atoms with E-state index in [1.165, 1.54) is 16.3 Å². The number of hydrogen-bond acceptors (Lipinski definition) is 7. The summed E-state index contributed by atoms with van der Waals surface area (Å²) < 4.78 is 12.4. The predicted octanol–water partition coefficient (Wildman–Crippen LogP) is 1.46. The number of aromatic nitrogens is 2. The van der Waals surface area contributed by atoms with E-state index in [0.29, 0.717) is 18.2 Å². The van der Waals surface area contributed by atoms with E-state index in [-0.39, 0.29) is 18.8 Å². The molecule has 0 bridgehead atoms. The minimum Gasteiger partial charge on any atom is -0.501 e. The largest absolute Gasteiger partial charge is 0.501 e. The van der Waals surface area contributed by atoms with Gasteiger partial charge >= 0.3 is 0 Å². The first kappa shape index (κ1) is 17.6. The molecule has 0 spiro atoms. The first-order valence-electron chi connectivity index (χ1n) is 7.72. The van der Waals surface area contributed by atoms with Crippen LogP contribution in [0.4, 0.5) is 0 Å². The highest BCUT2D eigenvalue weighted by molar-refractivity contribution is 7.98. The van der Waals surface area contributed by atoms with Gasteiger partial charge in [0, 0.05) is 0 Å². The lowest BCUT2D eigenvalue weighted by Crippen LogP contribution is -2.42. The fraction of sp³-hybridized carbons (Fsp3) is 0.438. The van der Waals surface area contributed by atoms with Crippen molar-refractivity contribution in [1.29, 1.82) is 0 Å². The summed E-state index contributed by atoms with van der Waals surface area (Å²) in [5.41, 5.74) is -1.78. The fourth-order valence-corrected chi connectivity index (χ4v) is 3.04. The highest BCUT2D eigenvalue weighted by Gasteiger charge is 2.34. The van der Waals surface area contributed by atoms with Gasteiger partial charge in [0.2, 0.25) is 5.75 Å². The van der Waals surface area contributed by atoms with Crippen molar-refractivity contribution >= 4 is 17.7 Å². The third-order valence-electron chi connectivity index (χ3n) is 3.94. The van der Waals surface area contributed by atoms with Crippen LogP contribution in [0.2, 0.25) is 0 Å². The Kier molecular flexibility index (Phi) is 4.61. The van der Waals surface area contributed by atoms with Crippen molar-refractivity contribution in [1.82, 2.24) is 14.9 Å². The quantitative estimate of drug-likeness (QED) is 0.790. The monoisotopic (exact) mass is 365 g/mol. The molecule has 134 valence electrons. The second-order valence-electron chi connectivity index (χ2n) is 6.06. The minimum absolute atomic E-state index is 0.124. The standard InChI is InChI=1S/C16H19N3O5S/c1-16(2)15-18-11(12(20)14(22)19(15)6-7-23-16)13(21)17-8-9-4-5-10(24-9)25-3/h4-5,20H,6-8H2,1-3H3,(H,17,21). The molecule has 3 rings (SSSR count). The zero-order chi connectivity index (χ0) is 18.2. The summed E-state index contributed by atoms with van der Waals surface area (Å²) in [5.74, 6) is -0.436. The van der Waals surface area contributed by atoms with Crippen molar-refractivity contribution in [2.45, 2.75) is 37.6 Å². The van der Waals surface area contributed by atoms with Crippen molar-refractivity contribution in [2.75, 3.05) is 12.9 Å². The first-order valence-corrected chi connectivity index (χ1v) is 8.95. The molecule has 0 unspecified atom stereocenters. The number of fused-ring (bicyclic) bond motifs is 1. The van der Waals surface area contributed by atoms with Crippen LogP contribution in [0, 0.1) is 0 Å². The summed E-state index contributed by atoms with van der Waals surface area (Å²) >= 11 is 1.45. The highest BCUT2D eigenvalue weighted by Crippen LogP contribution is 2.27. The Morgan fingerprint density at radius 2 is 2.24 bits per heavy atom. The molecule has 25 heavy (non-hydrogen) atoms. The van der Waals surface area contributed by atoms with E-state index in [9.17, 15) is 14.7 Å². The normalized spacial score (nSPS) is 15.6. The molecule has 1 amide bonds. The maximum absolute atomic E-state index is 12.4. The van der Waals surface area contributed by atoms with Gasteiger partial charge in [0.05, 0.1) is 19.7 Å². The van der Waals surface area contributed by atoms with Crippen LogP contribution in [0.25, 0.3) is 0 Å². The molecule has 9 heteroatoms. The summed E-state index contributed by atoms with van der Waals surface area (Å²) in [6.07, 6.45) is 1.88. The SMILES string of the molecule is CSc1ccc(CNC(=O)c2nc3n(c(=O)c2O)CCOC3(C)C)o1. The van der Waals surface area contributed by atoms with E-state index < -0.39 is 22.8 Å². The molecule has 1 aliphatic rings. The average Bonchev–Trinajstić information content (AvgIpc) is 3.04. The zero-order valence-electron chi connectivity index (χ0n) is 14.2. The van der Waals surface area contributed by atoms with Crippen LogP contribution < -0.4 is 10.9 Å². The minimum atomic E-state index is -0.825. The highest BCUT2D eigenvalue weighted by atomic mass is 32.2. The number of nitrogens with zero attached hydrogens (tertiary/aromatic N) is 2. The van der Waals surface area contributed by atoms with Crippen molar-refractivity contribution in [3.05, 3.63) is 39.8 Å². The second-order valence-corrected chi connectivity index (χ2v) is 6.87. The lowest BCUT2D eigenvalue weighted by molar-refractivity contribution is -0.0566. The Morgan fingerprint density at radius 1 is 1.48 bits per heavy atom. The number of ether oxygens (including phenoxy) is 1. The van der Waals surface area contributed by atoms with Gasteiger partial charge in [-0.15, -0.1) is 0 Å². The van der Waals surface area contributed by atoms with E-state index >= 15 is 0 Å². The number of hydrogen-bond donors (Lipinski definition) is 2. The van der Waals surface area contributed by atoms with E-state index in [0.717, 1.165) is 5.09 Å². The van der Waals surface area contributed by atoms with E-state index in [1.54, 1.807) is 26.0 Å². The summed E-state index contributed by atoms with van der Waals surface area (Å²) in [6, 6.07) is 3.55. The number of carbonyl (C=O) groups is 1. The van der Waals surface area contributed by atoms with Gasteiger partial charge in [0.25, 0.3) is 11.5 Å². The van der Waals surface area contributed by atoms with E-state index in [1.807, 2.05) is 6.26 Å². The van der Waals surface area contributed by atoms with Crippen LogP contribution in [0.1, 0.15) is 35.9 Å². The molecular formula is C16H19N3O5S. The molecule has 8 nitrogen and oxygen atoms in total. The van der Waals surface area contributed by atoms with E-state index in [2.05, 4.69) is 10.3 Å². The van der Waals surface area contributed by atoms with E-state index in [4.69, 9.17) is 9.15 Å². The van der Waals surface area contributed by atoms with Crippen molar-refractivity contribution < 1.29 is 19.1 Å². The van der Waals surface area contributed by atoms with Crippen LogP contribution in [-0.2, 0) is 23.4 Å². The van der Waals surface area contributed by atoms with Crippen LogP contribution in [0.15, 0.2) is 26.4 Å². The third kappa shape index (κ3) is 3.29. The molecule has 3 heterocycles. The maximum Gasteiger partial charge on any atom is 0.296 e. The Balaban J connectivity index is 1.87. The molecule has 2 aromatic rings. The zero-order valence-corrected chi connectivity index (χ0v) is 15.0. The number of rotatable bonds is 4. The number of thioether (sulfide) groups is 1. The Bertz CT molecular complexity index is 871. The van der Waals surface area contributed by atoms with Crippen LogP contribution in [0.3, 0.4) is 0 Å². The molecule has 1 aliphatic heterocycles. The molecule has 0 saturated carbocycles. The molecule has 0 radical (unpaired) electrons. The van der Waals surface area contributed by atoms with Crippen molar-refractivity contribution in [3.63, 3.8) is 0 Å². The molecule has 0 atom stereocenters. The number of carbonyl (C=O) groups excluding carboxylic acids is 1. The van der Waals surface area contributed by atoms with Gasteiger partial charge in [-0.05, 0) is 32.2 Å². The van der Waals surface area contributed by atoms with Crippen LogP contribution >= 0.6 is 11.8 Å². The molecule has 0 saturated heterocycles. The van der Waals surface area contributed by atoms with Gasteiger partial charge < -0.3 is 19.6 Å². The van der Waals surface area contributed by atoms with Crippen molar-refractivity contribution in [3.8, 4) is 5.75 Å². The van der Waals surface area contributed by atoms with Gasteiger partial charge in [-0.3, -0.25) is 14.2 Å². The molecule has 0 aromatic carbocycles. The number of furan rings is 1. The number of nitrogens with one attached hydrogen (secondary N) is 1. The Labute approximate surface area is 148 Å². The van der Waals surface area contributed by atoms with Gasteiger partial charge in [0.15, 0.2) is 10.8 Å². The molecule has 0 fully saturated rings. The van der Waals surface area contributed by atoms with Crippen LogP contribution in [-0.4, -0.2) is 33.4 Å². The average molecular weight is 365 g/mol. The summed E-state index contributed by atoms with van der Waals surface area (Å²) in [7, 11) is 0. The number of aromatic hydroxyl groups is 1. The lowest BCUT2D eigenvalue weighted by atomic mass is 10.1. The second kappa shape index (κ2) is 6.57. The maximum atomic E-state index is 12.4. The van der Waals surface area contributed by atoms with Crippen LogP contribution in [0.5, 0.6) is 5.75 Å². The van der Waals surface area contributed by atoms with Gasteiger partial charge in [0.1, 0.15) is 17.2 Å². The topological polar surface area (TPSA) is 107 Å². The lowest BCUT2D eigenvalue weighted by Gasteiger charge is -2.32. The fourth-order valence-electron chi connectivity index (χ4n) is 2.64. The first-order chi connectivity index (χ1) is 11.8. The van der Waals surface area contributed by atoms with Gasteiger partial charge in [-0.25, -0.2) is 4.98 Å². The summed E-state index contributed by atoms with van der Waals surface area (Å²) in [6.45, 7) is 4.26. The van der Waals surface area contributed by atoms with Gasteiger partial charge in [-0.1, -0.05) is 11.8 Å². The van der Waals surface area contributed by atoms with Crippen molar-refractivity contribution in [2.24, 2.45) is 0 Å².